The molecular formula is C22H31N2O12S-. The van der Waals surface area contributed by atoms with E-state index < -0.39 is 48.8 Å². The fourth-order valence-electron chi connectivity index (χ4n) is 3.37. The Morgan fingerprint density at radius 2 is 1.81 bits per heavy atom. The van der Waals surface area contributed by atoms with Crippen LogP contribution in [-0.2, 0) is 23.7 Å². The fraction of sp³-hybridized carbons (Fsp3) is 0.682. The van der Waals surface area contributed by atoms with Gasteiger partial charge in [-0.05, 0) is 6.92 Å². The molecule has 0 spiro atoms. The third kappa shape index (κ3) is 7.72. The van der Waals surface area contributed by atoms with E-state index in [2.05, 4.69) is 9.98 Å². The van der Waals surface area contributed by atoms with Crippen molar-refractivity contribution in [3.8, 4) is 11.5 Å². The Kier molecular flexibility index (Phi) is 10.9. The van der Waals surface area contributed by atoms with Crippen molar-refractivity contribution >= 4 is 22.8 Å². The molecule has 1 fully saturated rings. The number of aliphatic imine (C=N–C) groups is 1. The summed E-state index contributed by atoms with van der Waals surface area (Å²) < 4.78 is 26.8. The first-order valence-corrected chi connectivity index (χ1v) is 12.5. The maximum absolute atomic E-state index is 11.2. The van der Waals surface area contributed by atoms with Crippen LogP contribution >= 0.6 is 11.8 Å². The van der Waals surface area contributed by atoms with Gasteiger partial charge >= 0.3 is 0 Å². The molecule has 3 heterocycles. The molecule has 0 aliphatic carbocycles. The lowest BCUT2D eigenvalue weighted by atomic mass is 9.99. The molecule has 15 heteroatoms. The molecule has 2 aliphatic heterocycles. The van der Waals surface area contributed by atoms with Crippen molar-refractivity contribution in [2.75, 3.05) is 52.0 Å². The molecule has 1 saturated heterocycles. The summed E-state index contributed by atoms with van der Waals surface area (Å²) in [4.78, 5) is 19.4. The van der Waals surface area contributed by atoms with Crippen LogP contribution in [0.25, 0.3) is 0 Å². The third-order valence-corrected chi connectivity index (χ3v) is 6.81. The number of hydrogen-bond acceptors (Lipinski definition) is 15. The van der Waals surface area contributed by atoms with E-state index in [-0.39, 0.29) is 56.8 Å². The van der Waals surface area contributed by atoms with Crippen LogP contribution in [0.4, 0.5) is 0 Å². The van der Waals surface area contributed by atoms with Crippen LogP contribution in [0.2, 0.25) is 0 Å². The Labute approximate surface area is 216 Å². The monoisotopic (exact) mass is 547 g/mol. The molecule has 208 valence electrons. The topological polar surface area (TPSA) is 213 Å². The number of rotatable bonds is 14. The fourth-order valence-corrected chi connectivity index (χ4v) is 4.53. The van der Waals surface area contributed by atoms with Crippen molar-refractivity contribution in [3.05, 3.63) is 18.0 Å². The summed E-state index contributed by atoms with van der Waals surface area (Å²) in [5.74, 6) is -0.985. The number of carboxylic acids is 1. The number of carboxylic acid groups (broad SMARTS) is 1. The molecule has 0 saturated carbocycles. The van der Waals surface area contributed by atoms with Crippen molar-refractivity contribution in [1.29, 1.82) is 0 Å². The lowest BCUT2D eigenvalue weighted by Gasteiger charge is -2.39. The number of aliphatic hydroxyl groups is 4. The number of carbonyl (C=O) groups is 1. The largest absolute Gasteiger partial charge is 0.547 e. The highest BCUT2D eigenvalue weighted by Gasteiger charge is 2.44. The minimum absolute atomic E-state index is 0.0374. The number of pyridine rings is 1. The summed E-state index contributed by atoms with van der Waals surface area (Å²) in [7, 11) is 0. The Hall–Kier alpha value is -2.08. The molecule has 0 bridgehead atoms. The highest BCUT2D eigenvalue weighted by molar-refractivity contribution is 8.14. The number of aromatic hydroxyl groups is 1. The quantitative estimate of drug-likeness (QED) is 0.147. The van der Waals surface area contributed by atoms with E-state index in [0.29, 0.717) is 10.8 Å². The van der Waals surface area contributed by atoms with Gasteiger partial charge in [-0.25, -0.2) is 4.98 Å². The molecule has 0 amide bonds. The van der Waals surface area contributed by atoms with E-state index in [4.69, 9.17) is 28.8 Å². The normalized spacial score (nSPS) is 29.8. The van der Waals surface area contributed by atoms with Crippen LogP contribution in [0.3, 0.4) is 0 Å². The second-order valence-corrected chi connectivity index (χ2v) is 9.41. The Bertz CT molecular complexity index is 935. The maximum Gasteiger partial charge on any atom is 0.186 e. The van der Waals surface area contributed by atoms with Gasteiger partial charge in [0.1, 0.15) is 58.8 Å². The minimum Gasteiger partial charge on any atom is -0.547 e. The van der Waals surface area contributed by atoms with E-state index >= 15 is 0 Å². The third-order valence-electron chi connectivity index (χ3n) is 5.55. The van der Waals surface area contributed by atoms with E-state index in [1.54, 1.807) is 0 Å². The number of ether oxygens (including phenoxy) is 5. The first-order valence-electron chi connectivity index (χ1n) is 11.5. The molecule has 37 heavy (non-hydrogen) atoms. The summed E-state index contributed by atoms with van der Waals surface area (Å²) in [5.41, 5.74) is -1.19. The van der Waals surface area contributed by atoms with Gasteiger partial charge in [0, 0.05) is 11.8 Å². The molecule has 0 aromatic carbocycles. The standard InChI is InChI=1S/C22H32N2O12S/c1-22(21(30)31)11-37-19(24-22)15-13(26)8-12(9-23-15)34-6-4-32-2-3-33-5-7-35-20-18(29)17(28)16(27)14(10-25)36-20/h8-9,14,16-18,20,25-29H,2-7,10-11H2,1H3,(H,30,31)/p-1/t14?,16-,17?,18+,20-,22-/m1/s1. The van der Waals surface area contributed by atoms with Crippen LogP contribution in [-0.4, -0.2) is 130 Å². The van der Waals surface area contributed by atoms with Gasteiger partial charge in [0.05, 0.1) is 51.8 Å². The second kappa shape index (κ2) is 13.6. The zero-order chi connectivity index (χ0) is 27.0. The highest BCUT2D eigenvalue weighted by atomic mass is 32.2. The van der Waals surface area contributed by atoms with Gasteiger partial charge in [-0.15, -0.1) is 11.8 Å². The van der Waals surface area contributed by atoms with Crippen LogP contribution in [0, 0.1) is 0 Å². The first-order chi connectivity index (χ1) is 17.7. The van der Waals surface area contributed by atoms with Crippen molar-refractivity contribution in [1.82, 2.24) is 4.98 Å². The summed E-state index contributed by atoms with van der Waals surface area (Å²) in [6.07, 6.45) is -5.26. The number of nitrogens with zero attached hydrogens (tertiary/aromatic N) is 2. The second-order valence-electron chi connectivity index (χ2n) is 8.45. The number of thioether (sulfide) groups is 1. The molecule has 14 nitrogen and oxygen atoms in total. The lowest BCUT2D eigenvalue weighted by Crippen LogP contribution is -2.59. The van der Waals surface area contributed by atoms with E-state index in [0.717, 1.165) is 0 Å². The highest BCUT2D eigenvalue weighted by Crippen LogP contribution is 2.33. The lowest BCUT2D eigenvalue weighted by molar-refractivity contribution is -0.311. The molecule has 0 radical (unpaired) electrons. The first kappa shape index (κ1) is 29.5. The van der Waals surface area contributed by atoms with Crippen molar-refractivity contribution in [2.45, 2.75) is 43.2 Å². The van der Waals surface area contributed by atoms with Gasteiger partial charge in [0.2, 0.25) is 0 Å². The average Bonchev–Trinajstić information content (AvgIpc) is 3.28. The SMILES string of the molecule is C[C@]1(C(=O)[O-])CSC(c2ncc(OCCOCCOCCO[C@@H]3OC(CO)[C@@H](O)C(O)[C@@H]3O)cc2O)=N1. The van der Waals surface area contributed by atoms with Gasteiger partial charge in [-0.3, -0.25) is 4.99 Å². The summed E-state index contributed by atoms with van der Waals surface area (Å²) in [5, 5.41) is 60.3. The molecule has 2 aliphatic rings. The van der Waals surface area contributed by atoms with Crippen LogP contribution in [0.1, 0.15) is 12.6 Å². The smallest absolute Gasteiger partial charge is 0.186 e. The summed E-state index contributed by atoms with van der Waals surface area (Å²) in [6, 6.07) is 1.36. The van der Waals surface area contributed by atoms with Gasteiger partial charge in [0.25, 0.3) is 0 Å². The molecule has 2 unspecified atom stereocenters. The number of carbonyl (C=O) groups excluding carboxylic acids is 1. The van der Waals surface area contributed by atoms with E-state index in [1.165, 1.54) is 30.9 Å². The molecule has 1 aromatic heterocycles. The van der Waals surface area contributed by atoms with Gasteiger partial charge in [-0.2, -0.15) is 0 Å². The van der Waals surface area contributed by atoms with Crippen LogP contribution in [0.5, 0.6) is 11.5 Å². The van der Waals surface area contributed by atoms with Crippen molar-refractivity contribution < 1.29 is 59.1 Å². The number of hydrogen-bond donors (Lipinski definition) is 5. The van der Waals surface area contributed by atoms with Crippen LogP contribution < -0.4 is 9.84 Å². The Morgan fingerprint density at radius 3 is 2.43 bits per heavy atom. The zero-order valence-electron chi connectivity index (χ0n) is 20.1. The zero-order valence-corrected chi connectivity index (χ0v) is 20.9. The Morgan fingerprint density at radius 1 is 1.14 bits per heavy atom. The average molecular weight is 548 g/mol. The summed E-state index contributed by atoms with van der Waals surface area (Å²) >= 11 is 1.17. The molecule has 3 rings (SSSR count). The predicted molar refractivity (Wildman–Crippen MR) is 125 cm³/mol. The number of aromatic nitrogens is 1. The van der Waals surface area contributed by atoms with Gasteiger partial charge in [-0.1, -0.05) is 0 Å². The molecule has 1 aromatic rings. The van der Waals surface area contributed by atoms with Crippen molar-refractivity contribution in [3.63, 3.8) is 0 Å². The number of aliphatic hydroxyl groups excluding tert-OH is 4. The van der Waals surface area contributed by atoms with Gasteiger partial charge < -0.3 is 59.1 Å². The van der Waals surface area contributed by atoms with Crippen LogP contribution in [0.15, 0.2) is 17.3 Å². The van der Waals surface area contributed by atoms with E-state index in [1.807, 2.05) is 0 Å². The number of aliphatic carboxylic acids is 1. The van der Waals surface area contributed by atoms with E-state index in [9.17, 15) is 30.3 Å². The predicted octanol–water partition coefficient (Wildman–Crippen LogP) is -2.98. The minimum atomic E-state index is -1.50. The molecular weight excluding hydrogens is 516 g/mol. The maximum atomic E-state index is 11.2. The van der Waals surface area contributed by atoms with Gasteiger partial charge in [0.15, 0.2) is 6.29 Å². The van der Waals surface area contributed by atoms with Crippen molar-refractivity contribution in [2.24, 2.45) is 4.99 Å². The molecule has 5 N–H and O–H groups in total. The molecule has 6 atom stereocenters. The Balaban J connectivity index is 1.26. The summed E-state index contributed by atoms with van der Waals surface area (Å²) in [6.45, 7) is 2.03.